The molecule has 3 aromatic rings. The second kappa shape index (κ2) is 7.59. The first-order valence-corrected chi connectivity index (χ1v) is 9.47. The highest BCUT2D eigenvalue weighted by Crippen LogP contribution is 2.35. The molecule has 0 bridgehead atoms. The Bertz CT molecular complexity index is 1060. The minimum Gasteiger partial charge on any atom is -0.489 e. The van der Waals surface area contributed by atoms with Crippen molar-refractivity contribution in [2.24, 2.45) is 0 Å². The number of halogens is 2. The van der Waals surface area contributed by atoms with Crippen molar-refractivity contribution in [1.82, 2.24) is 0 Å². The van der Waals surface area contributed by atoms with Gasteiger partial charge >= 0.3 is 0 Å². The molecule has 1 aliphatic rings. The number of benzene rings is 3. The monoisotopic (exact) mass is 440 g/mol. The third kappa shape index (κ3) is 3.92. The summed E-state index contributed by atoms with van der Waals surface area (Å²) in [6.07, 6.45) is 1.73. The zero-order valence-corrected chi connectivity index (χ0v) is 16.5. The molecule has 0 saturated carbocycles. The van der Waals surface area contributed by atoms with Crippen LogP contribution in [0.4, 0.5) is 0 Å². The van der Waals surface area contributed by atoms with Crippen molar-refractivity contribution in [2.45, 2.75) is 6.61 Å². The molecular formula is C22H14BrClO3. The quantitative estimate of drug-likeness (QED) is 0.446. The van der Waals surface area contributed by atoms with Gasteiger partial charge in [0.25, 0.3) is 0 Å². The maximum Gasteiger partial charge on any atom is 0.231 e. The fraction of sp³-hybridized carbons (Fsp3) is 0.0455. The summed E-state index contributed by atoms with van der Waals surface area (Å²) in [5, 5.41) is 0.657. The summed E-state index contributed by atoms with van der Waals surface area (Å²) in [5.41, 5.74) is 2.31. The molecule has 0 N–H and O–H groups in total. The third-order valence-corrected chi connectivity index (χ3v) is 5.00. The van der Waals surface area contributed by atoms with Crippen LogP contribution in [-0.4, -0.2) is 5.78 Å². The molecule has 0 aromatic heterocycles. The van der Waals surface area contributed by atoms with Crippen LogP contribution in [0.5, 0.6) is 11.5 Å². The van der Waals surface area contributed by atoms with Crippen LogP contribution in [-0.2, 0) is 6.61 Å². The molecule has 0 aliphatic carbocycles. The van der Waals surface area contributed by atoms with Crippen LogP contribution in [0.1, 0.15) is 21.5 Å². The number of Topliss-reactive ketones (excluding diaryl/α,β-unsaturated/α-hetero) is 1. The summed E-state index contributed by atoms with van der Waals surface area (Å²) in [7, 11) is 0. The summed E-state index contributed by atoms with van der Waals surface area (Å²) in [6, 6.07) is 20.4. The lowest BCUT2D eigenvalue weighted by molar-refractivity contribution is 0.101. The van der Waals surface area contributed by atoms with E-state index in [9.17, 15) is 4.79 Å². The average molecular weight is 442 g/mol. The summed E-state index contributed by atoms with van der Waals surface area (Å²) >= 11 is 9.58. The fourth-order valence-corrected chi connectivity index (χ4v) is 3.39. The molecule has 3 nitrogen and oxygen atoms in total. The van der Waals surface area contributed by atoms with Crippen LogP contribution in [0.15, 0.2) is 77.0 Å². The van der Waals surface area contributed by atoms with Crippen LogP contribution < -0.4 is 9.47 Å². The molecule has 0 spiro atoms. The number of hydrogen-bond donors (Lipinski definition) is 0. The van der Waals surface area contributed by atoms with Gasteiger partial charge in [-0.15, -0.1) is 0 Å². The number of hydrogen-bond acceptors (Lipinski definition) is 3. The van der Waals surface area contributed by atoms with Crippen LogP contribution in [0.2, 0.25) is 5.02 Å². The second-order valence-corrected chi connectivity index (χ2v) is 7.36. The topological polar surface area (TPSA) is 35.5 Å². The third-order valence-electron chi connectivity index (χ3n) is 4.14. The molecule has 0 atom stereocenters. The van der Waals surface area contributed by atoms with Gasteiger partial charge in [-0.2, -0.15) is 0 Å². The van der Waals surface area contributed by atoms with E-state index in [0.717, 1.165) is 15.6 Å². The van der Waals surface area contributed by atoms with E-state index < -0.39 is 0 Å². The largest absolute Gasteiger partial charge is 0.489 e. The van der Waals surface area contributed by atoms with Crippen LogP contribution in [0.3, 0.4) is 0 Å². The number of fused-ring (bicyclic) bond motifs is 1. The van der Waals surface area contributed by atoms with Crippen LogP contribution in [0, 0.1) is 0 Å². The van der Waals surface area contributed by atoms with E-state index in [1.54, 1.807) is 24.3 Å². The summed E-state index contributed by atoms with van der Waals surface area (Å²) < 4.78 is 12.5. The Kier molecular flexibility index (Phi) is 5.01. The maximum atomic E-state index is 12.6. The van der Waals surface area contributed by atoms with Crippen molar-refractivity contribution < 1.29 is 14.3 Å². The van der Waals surface area contributed by atoms with Gasteiger partial charge in [0, 0.05) is 21.1 Å². The first-order valence-electron chi connectivity index (χ1n) is 8.30. The Balaban J connectivity index is 1.53. The minimum absolute atomic E-state index is 0.136. The van der Waals surface area contributed by atoms with Gasteiger partial charge in [-0.25, -0.2) is 0 Å². The van der Waals surface area contributed by atoms with Gasteiger partial charge in [-0.3, -0.25) is 4.79 Å². The molecule has 5 heteroatoms. The molecule has 134 valence electrons. The number of rotatable bonds is 4. The van der Waals surface area contributed by atoms with Crippen molar-refractivity contribution in [2.75, 3.05) is 0 Å². The Labute approximate surface area is 170 Å². The average Bonchev–Trinajstić information content (AvgIpc) is 2.96. The van der Waals surface area contributed by atoms with E-state index in [2.05, 4.69) is 15.9 Å². The molecule has 0 fully saturated rings. The minimum atomic E-state index is -0.136. The van der Waals surface area contributed by atoms with Crippen molar-refractivity contribution >= 4 is 39.4 Å². The fourth-order valence-electron chi connectivity index (χ4n) is 2.78. The van der Waals surface area contributed by atoms with Gasteiger partial charge in [0.2, 0.25) is 5.78 Å². The molecule has 0 unspecified atom stereocenters. The molecular weight excluding hydrogens is 428 g/mol. The molecule has 0 radical (unpaired) electrons. The Morgan fingerprint density at radius 3 is 2.70 bits per heavy atom. The highest BCUT2D eigenvalue weighted by molar-refractivity contribution is 9.10. The molecule has 3 aromatic carbocycles. The van der Waals surface area contributed by atoms with Gasteiger partial charge in [0.05, 0.1) is 5.56 Å². The summed E-state index contributed by atoms with van der Waals surface area (Å²) in [6.45, 7) is 0.340. The van der Waals surface area contributed by atoms with Gasteiger partial charge in [0.15, 0.2) is 5.76 Å². The molecule has 27 heavy (non-hydrogen) atoms. The summed E-state index contributed by atoms with van der Waals surface area (Å²) in [4.78, 5) is 12.6. The van der Waals surface area contributed by atoms with E-state index in [1.807, 2.05) is 48.5 Å². The molecule has 0 saturated heterocycles. The zero-order valence-electron chi connectivity index (χ0n) is 14.1. The highest BCUT2D eigenvalue weighted by Gasteiger charge is 2.27. The van der Waals surface area contributed by atoms with Crippen LogP contribution >= 0.6 is 27.5 Å². The maximum absolute atomic E-state index is 12.6. The van der Waals surface area contributed by atoms with E-state index in [0.29, 0.717) is 34.5 Å². The van der Waals surface area contributed by atoms with Gasteiger partial charge < -0.3 is 9.47 Å². The molecule has 4 rings (SSSR count). The first kappa shape index (κ1) is 17.8. The lowest BCUT2D eigenvalue weighted by atomic mass is 10.1. The normalized spacial score (nSPS) is 14.1. The number of carbonyl (C=O) groups is 1. The van der Waals surface area contributed by atoms with Gasteiger partial charge in [0.1, 0.15) is 18.1 Å². The molecule has 0 amide bonds. The highest BCUT2D eigenvalue weighted by atomic mass is 79.9. The standard InChI is InChI=1S/C22H14BrClO3/c23-16-6-3-4-14(10-16)11-21-22(25)18-9-8-17(12-20(18)27-21)26-13-15-5-1-2-7-19(15)24/h1-12H,13H2/b21-11-. The number of ether oxygens (including phenoxy) is 2. The van der Waals surface area contributed by atoms with Crippen molar-refractivity contribution in [3.8, 4) is 11.5 Å². The van der Waals surface area contributed by atoms with E-state index in [4.69, 9.17) is 21.1 Å². The Hall–Kier alpha value is -2.56. The lowest BCUT2D eigenvalue weighted by Crippen LogP contribution is -1.98. The summed E-state index contributed by atoms with van der Waals surface area (Å²) in [5.74, 6) is 1.28. The Morgan fingerprint density at radius 2 is 1.89 bits per heavy atom. The molecule has 1 aliphatic heterocycles. The van der Waals surface area contributed by atoms with Gasteiger partial charge in [-0.1, -0.05) is 57.9 Å². The molecule has 1 heterocycles. The van der Waals surface area contributed by atoms with Crippen molar-refractivity contribution in [1.29, 1.82) is 0 Å². The number of carbonyl (C=O) groups excluding carboxylic acids is 1. The second-order valence-electron chi connectivity index (χ2n) is 6.03. The predicted octanol–water partition coefficient (Wildman–Crippen LogP) is 6.30. The van der Waals surface area contributed by atoms with E-state index >= 15 is 0 Å². The Morgan fingerprint density at radius 1 is 1.04 bits per heavy atom. The van der Waals surface area contributed by atoms with Crippen molar-refractivity contribution in [3.63, 3.8) is 0 Å². The lowest BCUT2D eigenvalue weighted by Gasteiger charge is -2.08. The number of allylic oxidation sites excluding steroid dienone is 1. The smallest absolute Gasteiger partial charge is 0.231 e. The van der Waals surface area contributed by atoms with E-state index in [1.165, 1.54) is 0 Å². The SMILES string of the molecule is O=C1/C(=C/c2cccc(Br)c2)Oc2cc(OCc3ccccc3Cl)ccc21. The number of ketones is 1. The van der Waals surface area contributed by atoms with Gasteiger partial charge in [-0.05, 0) is 42.0 Å². The first-order chi connectivity index (χ1) is 13.1. The zero-order chi connectivity index (χ0) is 18.8. The van der Waals surface area contributed by atoms with E-state index in [-0.39, 0.29) is 5.78 Å². The predicted molar refractivity (Wildman–Crippen MR) is 109 cm³/mol. The van der Waals surface area contributed by atoms with Crippen molar-refractivity contribution in [3.05, 3.63) is 98.7 Å². The van der Waals surface area contributed by atoms with Crippen LogP contribution in [0.25, 0.3) is 6.08 Å².